The molecule has 7 nitrogen and oxygen atoms in total. The fourth-order valence-corrected chi connectivity index (χ4v) is 3.55. The summed E-state index contributed by atoms with van der Waals surface area (Å²) in [5.74, 6) is -3.27. The lowest BCUT2D eigenvalue weighted by atomic mass is 10.0. The zero-order valence-corrected chi connectivity index (χ0v) is 20.5. The fourth-order valence-electron chi connectivity index (χ4n) is 3.55. The standard InChI is InChI=1S/C26H33F3N4O3/c1-17(2)19-11-13-20(14-12-19)31-24(35)22(16-18-8-4-3-5-9-18)32-23(34)21(10-6-7-15-30)33-25(36)26(27,28)29/h3-5,8-9,11-14,17,21-22H,6-7,10,15-16,30H2,1-2H3,(H,31,35)(H,32,34)(H,33,36)/p+1/t21-,22-/m0/s1. The number of quaternary nitrogens is 1. The average Bonchev–Trinajstić information content (AvgIpc) is 2.83. The molecule has 2 aromatic carbocycles. The average molecular weight is 508 g/mol. The second kappa shape index (κ2) is 13.6. The lowest BCUT2D eigenvalue weighted by molar-refractivity contribution is -0.368. The molecule has 0 fully saturated rings. The molecule has 6 N–H and O–H groups in total. The van der Waals surface area contributed by atoms with Crippen molar-refractivity contribution in [3.63, 3.8) is 0 Å². The van der Waals surface area contributed by atoms with Gasteiger partial charge in [0, 0.05) is 12.1 Å². The topological polar surface area (TPSA) is 115 Å². The van der Waals surface area contributed by atoms with Crippen LogP contribution in [0, 0.1) is 0 Å². The van der Waals surface area contributed by atoms with Gasteiger partial charge in [-0.3, -0.25) is 14.4 Å². The molecule has 0 spiro atoms. The minimum atomic E-state index is -5.13. The molecule has 36 heavy (non-hydrogen) atoms. The van der Waals surface area contributed by atoms with E-state index in [9.17, 15) is 27.6 Å². The second-order valence-corrected chi connectivity index (χ2v) is 8.89. The Hall–Kier alpha value is -3.40. The van der Waals surface area contributed by atoms with Crippen molar-refractivity contribution >= 4 is 23.4 Å². The summed E-state index contributed by atoms with van der Waals surface area (Å²) < 4.78 is 38.5. The third-order valence-electron chi connectivity index (χ3n) is 5.63. The minimum Gasteiger partial charge on any atom is -0.358 e. The van der Waals surface area contributed by atoms with Crippen LogP contribution in [0.25, 0.3) is 0 Å². The van der Waals surface area contributed by atoms with Gasteiger partial charge in [-0.05, 0) is 48.4 Å². The van der Waals surface area contributed by atoms with E-state index in [4.69, 9.17) is 0 Å². The number of halogens is 3. The summed E-state index contributed by atoms with van der Waals surface area (Å²) in [6.07, 6.45) is -4.07. The van der Waals surface area contributed by atoms with Crippen LogP contribution < -0.4 is 21.7 Å². The zero-order valence-electron chi connectivity index (χ0n) is 20.5. The third-order valence-corrected chi connectivity index (χ3v) is 5.63. The maximum atomic E-state index is 13.1. The first-order valence-corrected chi connectivity index (χ1v) is 11.9. The molecular formula is C26H34F3N4O3+. The Balaban J connectivity index is 2.21. The maximum absolute atomic E-state index is 13.1. The third kappa shape index (κ3) is 9.33. The van der Waals surface area contributed by atoms with Crippen molar-refractivity contribution in [1.82, 2.24) is 10.6 Å². The first-order valence-electron chi connectivity index (χ1n) is 11.9. The van der Waals surface area contributed by atoms with Crippen molar-refractivity contribution in [2.24, 2.45) is 0 Å². The van der Waals surface area contributed by atoms with Crippen LogP contribution in [0.1, 0.15) is 50.2 Å². The van der Waals surface area contributed by atoms with Gasteiger partial charge in [0.05, 0.1) is 6.54 Å². The molecule has 0 aliphatic heterocycles. The van der Waals surface area contributed by atoms with Gasteiger partial charge in [0.15, 0.2) is 0 Å². The minimum absolute atomic E-state index is 0.0144. The van der Waals surface area contributed by atoms with E-state index in [0.717, 1.165) is 11.1 Å². The Labute approximate surface area is 209 Å². The molecule has 196 valence electrons. The van der Waals surface area contributed by atoms with Gasteiger partial charge in [0.25, 0.3) is 0 Å². The number of amides is 3. The molecule has 0 saturated heterocycles. The maximum Gasteiger partial charge on any atom is 0.471 e. The number of hydrogen-bond acceptors (Lipinski definition) is 3. The van der Waals surface area contributed by atoms with Crippen LogP contribution >= 0.6 is 0 Å². The summed E-state index contributed by atoms with van der Waals surface area (Å²) >= 11 is 0. The lowest BCUT2D eigenvalue weighted by Crippen LogP contribution is -2.55. The highest BCUT2D eigenvalue weighted by atomic mass is 19.4. The van der Waals surface area contributed by atoms with Crippen molar-refractivity contribution in [2.75, 3.05) is 11.9 Å². The first-order chi connectivity index (χ1) is 17.0. The number of carbonyl (C=O) groups excluding carboxylic acids is 3. The highest BCUT2D eigenvalue weighted by Crippen LogP contribution is 2.18. The molecule has 10 heteroatoms. The van der Waals surface area contributed by atoms with Crippen molar-refractivity contribution in [3.05, 3.63) is 65.7 Å². The van der Waals surface area contributed by atoms with Gasteiger partial charge in [-0.2, -0.15) is 13.2 Å². The highest BCUT2D eigenvalue weighted by Gasteiger charge is 2.41. The Morgan fingerprint density at radius 2 is 1.50 bits per heavy atom. The highest BCUT2D eigenvalue weighted by molar-refractivity contribution is 5.98. The van der Waals surface area contributed by atoms with Gasteiger partial charge in [-0.15, -0.1) is 0 Å². The van der Waals surface area contributed by atoms with E-state index in [0.29, 0.717) is 31.0 Å². The Morgan fingerprint density at radius 1 is 0.861 bits per heavy atom. The summed E-state index contributed by atoms with van der Waals surface area (Å²) in [5, 5.41) is 7.07. The quantitative estimate of drug-likeness (QED) is 0.331. The van der Waals surface area contributed by atoms with E-state index in [1.165, 1.54) is 0 Å². The summed E-state index contributed by atoms with van der Waals surface area (Å²) in [5.41, 5.74) is 6.04. The van der Waals surface area contributed by atoms with E-state index in [1.807, 2.05) is 26.0 Å². The first kappa shape index (κ1) is 28.8. The fraction of sp³-hybridized carbons (Fsp3) is 0.423. The smallest absolute Gasteiger partial charge is 0.358 e. The van der Waals surface area contributed by atoms with Crippen molar-refractivity contribution in [2.45, 2.75) is 63.7 Å². The summed E-state index contributed by atoms with van der Waals surface area (Å²) in [6, 6.07) is 13.7. The van der Waals surface area contributed by atoms with Crippen LogP contribution in [0.15, 0.2) is 54.6 Å². The number of hydrogen-bond donors (Lipinski definition) is 4. The molecule has 0 aliphatic rings. The lowest BCUT2D eigenvalue weighted by Gasteiger charge is -2.24. The van der Waals surface area contributed by atoms with Crippen LogP contribution in [-0.2, 0) is 20.8 Å². The summed E-state index contributed by atoms with van der Waals surface area (Å²) in [4.78, 5) is 37.7. The number of alkyl halides is 3. The van der Waals surface area contributed by atoms with E-state index in [1.54, 1.807) is 47.8 Å². The number of unbranched alkanes of at least 4 members (excludes halogenated alkanes) is 1. The molecule has 0 unspecified atom stereocenters. The molecule has 0 radical (unpaired) electrons. The van der Waals surface area contributed by atoms with Crippen LogP contribution in [-0.4, -0.2) is 42.5 Å². The number of anilines is 1. The molecule has 0 aromatic heterocycles. The van der Waals surface area contributed by atoms with Crippen molar-refractivity contribution in [1.29, 1.82) is 0 Å². The van der Waals surface area contributed by atoms with Gasteiger partial charge in [0.2, 0.25) is 11.8 Å². The van der Waals surface area contributed by atoms with E-state index >= 15 is 0 Å². The predicted octanol–water partition coefficient (Wildman–Crippen LogP) is 2.94. The van der Waals surface area contributed by atoms with Gasteiger partial charge < -0.3 is 21.7 Å². The van der Waals surface area contributed by atoms with Crippen LogP contribution in [0.3, 0.4) is 0 Å². The summed E-state index contributed by atoms with van der Waals surface area (Å²) in [7, 11) is 0. The van der Waals surface area contributed by atoms with E-state index < -0.39 is 36.0 Å². The molecule has 0 heterocycles. The monoisotopic (exact) mass is 507 g/mol. The van der Waals surface area contributed by atoms with Gasteiger partial charge >= 0.3 is 12.1 Å². The predicted molar refractivity (Wildman–Crippen MR) is 131 cm³/mol. The molecule has 0 saturated carbocycles. The van der Waals surface area contributed by atoms with Gasteiger partial charge in [0.1, 0.15) is 12.1 Å². The molecule has 0 aliphatic carbocycles. The number of rotatable bonds is 12. The molecule has 0 bridgehead atoms. The normalized spacial score (nSPS) is 13.1. The van der Waals surface area contributed by atoms with Crippen molar-refractivity contribution < 1.29 is 33.3 Å². The Bertz CT molecular complexity index is 996. The summed E-state index contributed by atoms with van der Waals surface area (Å²) in [6.45, 7) is 4.63. The zero-order chi connectivity index (χ0) is 26.7. The van der Waals surface area contributed by atoms with Crippen LogP contribution in [0.5, 0.6) is 0 Å². The molecular weight excluding hydrogens is 473 g/mol. The molecule has 2 rings (SSSR count). The number of carbonyl (C=O) groups is 3. The van der Waals surface area contributed by atoms with Gasteiger partial charge in [-0.25, -0.2) is 0 Å². The Morgan fingerprint density at radius 3 is 2.06 bits per heavy atom. The van der Waals surface area contributed by atoms with Gasteiger partial charge in [-0.1, -0.05) is 56.3 Å². The largest absolute Gasteiger partial charge is 0.471 e. The van der Waals surface area contributed by atoms with E-state index in [2.05, 4.69) is 16.4 Å². The SMILES string of the molecule is CC(C)c1ccc(NC(=O)[C@H](Cc2ccccc2)NC(=O)[C@H](CCCC[NH3+])NC(=O)C(F)(F)F)cc1. The second-order valence-electron chi connectivity index (χ2n) is 8.89. The number of nitrogens with one attached hydrogen (secondary N) is 3. The Kier molecular flexibility index (Phi) is 10.9. The van der Waals surface area contributed by atoms with Crippen LogP contribution in [0.2, 0.25) is 0 Å². The molecule has 2 atom stereocenters. The van der Waals surface area contributed by atoms with E-state index in [-0.39, 0.29) is 12.8 Å². The molecule has 2 aromatic rings. The number of benzene rings is 2. The molecule has 3 amide bonds. The van der Waals surface area contributed by atoms with Crippen LogP contribution in [0.4, 0.5) is 18.9 Å². The van der Waals surface area contributed by atoms with Crippen molar-refractivity contribution in [3.8, 4) is 0 Å².